The van der Waals surface area contributed by atoms with Crippen LogP contribution in [0.25, 0.3) is 0 Å². The van der Waals surface area contributed by atoms with E-state index in [1.54, 1.807) is 0 Å². The van der Waals surface area contributed by atoms with Crippen LogP contribution >= 0.6 is 11.8 Å². The molecule has 0 fully saturated rings. The summed E-state index contributed by atoms with van der Waals surface area (Å²) in [6.45, 7) is 5.88. The molecule has 0 bridgehead atoms. The van der Waals surface area contributed by atoms with Crippen molar-refractivity contribution in [2.24, 2.45) is 0 Å². The summed E-state index contributed by atoms with van der Waals surface area (Å²) in [5, 5.41) is 17.9. The van der Waals surface area contributed by atoms with Crippen LogP contribution < -0.4 is 0 Å². The van der Waals surface area contributed by atoms with Gasteiger partial charge in [-0.15, -0.1) is 16.9 Å². The molecule has 0 saturated heterocycles. The molecule has 0 unspecified atom stereocenters. The van der Waals surface area contributed by atoms with Crippen molar-refractivity contribution in [3.63, 3.8) is 0 Å². The Morgan fingerprint density at radius 3 is 2.38 bits per heavy atom. The van der Waals surface area contributed by atoms with Crippen molar-refractivity contribution in [1.29, 1.82) is 0 Å². The molecule has 88 valence electrons. The number of aromatic nitrogens is 2. The number of hydrogen-bond acceptors (Lipinski definition) is 4. The van der Waals surface area contributed by atoms with Gasteiger partial charge in [-0.25, -0.2) is 4.79 Å². The van der Waals surface area contributed by atoms with Gasteiger partial charge in [-0.1, -0.05) is 20.8 Å². The van der Waals surface area contributed by atoms with Crippen molar-refractivity contribution in [2.75, 3.05) is 5.75 Å². The fourth-order valence-electron chi connectivity index (χ4n) is 1.61. The first-order valence-electron chi connectivity index (χ1n) is 5.40. The lowest BCUT2D eigenvalue weighted by atomic mass is 10.0. The van der Waals surface area contributed by atoms with E-state index in [0.29, 0.717) is 23.4 Å². The van der Waals surface area contributed by atoms with Crippen molar-refractivity contribution < 1.29 is 9.90 Å². The highest BCUT2D eigenvalue weighted by molar-refractivity contribution is 7.99. The third-order valence-corrected chi connectivity index (χ3v) is 3.16. The molecule has 1 rings (SSSR count). The number of carboxylic acids is 1. The molecule has 0 atom stereocenters. The second kappa shape index (κ2) is 5.84. The summed E-state index contributed by atoms with van der Waals surface area (Å²) in [4.78, 5) is 11.3. The normalized spacial score (nSPS) is 10.4. The highest BCUT2D eigenvalue weighted by Gasteiger charge is 2.19. The second-order valence-corrected chi connectivity index (χ2v) is 4.50. The summed E-state index contributed by atoms with van der Waals surface area (Å²) < 4.78 is 0. The minimum absolute atomic E-state index is 0.334. The minimum Gasteiger partial charge on any atom is -0.478 e. The second-order valence-electron chi connectivity index (χ2n) is 3.25. The molecular formula is C11H16N2O2S. The van der Waals surface area contributed by atoms with Crippen molar-refractivity contribution in [3.05, 3.63) is 16.8 Å². The number of thioether (sulfide) groups is 1. The maximum absolute atomic E-state index is 11.3. The Morgan fingerprint density at radius 1 is 1.25 bits per heavy atom. The molecule has 1 N–H and O–H groups in total. The molecule has 0 aromatic carbocycles. The molecule has 1 aromatic rings. The number of carboxylic acid groups (broad SMARTS) is 1. The van der Waals surface area contributed by atoms with Gasteiger partial charge in [0, 0.05) is 0 Å². The average Bonchev–Trinajstić information content (AvgIpc) is 2.28. The molecule has 0 aliphatic heterocycles. The first kappa shape index (κ1) is 13.0. The summed E-state index contributed by atoms with van der Waals surface area (Å²) >= 11 is 1.42. The average molecular weight is 240 g/mol. The van der Waals surface area contributed by atoms with Crippen molar-refractivity contribution in [1.82, 2.24) is 10.2 Å². The zero-order valence-electron chi connectivity index (χ0n) is 9.78. The zero-order valence-corrected chi connectivity index (χ0v) is 10.6. The van der Waals surface area contributed by atoms with E-state index in [4.69, 9.17) is 0 Å². The Morgan fingerprint density at radius 2 is 1.94 bits per heavy atom. The van der Waals surface area contributed by atoms with E-state index in [2.05, 4.69) is 10.2 Å². The molecule has 1 aromatic heterocycles. The zero-order chi connectivity index (χ0) is 12.1. The summed E-state index contributed by atoms with van der Waals surface area (Å²) in [5.74, 6) is -0.110. The van der Waals surface area contributed by atoms with Gasteiger partial charge in [-0.05, 0) is 24.2 Å². The molecular weight excluding hydrogens is 224 g/mol. The molecule has 5 heteroatoms. The van der Waals surface area contributed by atoms with Gasteiger partial charge < -0.3 is 5.11 Å². The van der Waals surface area contributed by atoms with Gasteiger partial charge >= 0.3 is 5.97 Å². The molecule has 1 heterocycles. The lowest BCUT2D eigenvalue weighted by Gasteiger charge is -2.11. The van der Waals surface area contributed by atoms with Gasteiger partial charge in [-0.2, -0.15) is 5.10 Å². The van der Waals surface area contributed by atoms with Crippen LogP contribution in [0.1, 0.15) is 42.4 Å². The maximum Gasteiger partial charge on any atom is 0.338 e. The fourth-order valence-corrected chi connectivity index (χ4v) is 2.34. The lowest BCUT2D eigenvalue weighted by Crippen LogP contribution is -2.11. The Hall–Kier alpha value is -1.10. The Balaban J connectivity index is 3.37. The number of carbonyl (C=O) groups is 1. The Bertz CT molecular complexity index is 394. The highest BCUT2D eigenvalue weighted by atomic mass is 32.2. The van der Waals surface area contributed by atoms with Gasteiger partial charge in [0.25, 0.3) is 0 Å². The van der Waals surface area contributed by atoms with Crippen LogP contribution in [0.3, 0.4) is 0 Å². The van der Waals surface area contributed by atoms with Gasteiger partial charge in [0.05, 0.1) is 11.3 Å². The SMILES string of the molecule is CCSc1nnc(CC)c(CC)c1C(=O)O. The van der Waals surface area contributed by atoms with E-state index in [1.807, 2.05) is 20.8 Å². The predicted molar refractivity (Wildman–Crippen MR) is 64.1 cm³/mol. The van der Waals surface area contributed by atoms with Crippen molar-refractivity contribution >= 4 is 17.7 Å². The van der Waals surface area contributed by atoms with Crippen molar-refractivity contribution in [2.45, 2.75) is 38.6 Å². The molecule has 0 aliphatic rings. The first-order valence-corrected chi connectivity index (χ1v) is 6.38. The first-order chi connectivity index (χ1) is 7.65. The monoisotopic (exact) mass is 240 g/mol. The minimum atomic E-state index is -0.905. The standard InChI is InChI=1S/C11H16N2O2S/c1-4-7-8(5-2)12-13-10(16-6-3)9(7)11(14)15/h4-6H2,1-3H3,(H,14,15). The maximum atomic E-state index is 11.3. The molecule has 0 saturated carbocycles. The van der Waals surface area contributed by atoms with E-state index in [1.165, 1.54) is 11.8 Å². The summed E-state index contributed by atoms with van der Waals surface area (Å²) in [6, 6.07) is 0. The van der Waals surface area contributed by atoms with E-state index in [-0.39, 0.29) is 0 Å². The van der Waals surface area contributed by atoms with Crippen LogP contribution in [0.15, 0.2) is 5.03 Å². The number of aryl methyl sites for hydroxylation is 1. The molecule has 4 nitrogen and oxygen atoms in total. The number of aromatic carboxylic acids is 1. The van der Waals surface area contributed by atoms with Gasteiger partial charge in [0.1, 0.15) is 5.03 Å². The molecule has 16 heavy (non-hydrogen) atoms. The van der Waals surface area contributed by atoms with Crippen LogP contribution in [0.2, 0.25) is 0 Å². The summed E-state index contributed by atoms with van der Waals surface area (Å²) in [6.07, 6.45) is 1.39. The van der Waals surface area contributed by atoms with Crippen LogP contribution in [0.4, 0.5) is 0 Å². The molecule has 0 aliphatic carbocycles. The highest BCUT2D eigenvalue weighted by Crippen LogP contribution is 2.24. The van der Waals surface area contributed by atoms with E-state index >= 15 is 0 Å². The summed E-state index contributed by atoms with van der Waals surface area (Å²) in [5.41, 5.74) is 1.95. The van der Waals surface area contributed by atoms with Crippen LogP contribution in [0.5, 0.6) is 0 Å². The topological polar surface area (TPSA) is 63.1 Å². The van der Waals surface area contributed by atoms with Crippen LogP contribution in [0, 0.1) is 0 Å². The number of hydrogen-bond donors (Lipinski definition) is 1. The number of rotatable bonds is 5. The number of nitrogens with zero attached hydrogens (tertiary/aromatic N) is 2. The largest absolute Gasteiger partial charge is 0.478 e. The fraction of sp³-hybridized carbons (Fsp3) is 0.545. The van der Waals surface area contributed by atoms with Crippen LogP contribution in [-0.2, 0) is 12.8 Å². The van der Waals surface area contributed by atoms with Gasteiger partial charge in [-0.3, -0.25) is 0 Å². The van der Waals surface area contributed by atoms with E-state index in [0.717, 1.165) is 17.0 Å². The summed E-state index contributed by atoms with van der Waals surface area (Å²) in [7, 11) is 0. The van der Waals surface area contributed by atoms with E-state index < -0.39 is 5.97 Å². The Labute approximate surface area is 99.5 Å². The third kappa shape index (κ3) is 2.52. The lowest BCUT2D eigenvalue weighted by molar-refractivity contribution is 0.0690. The van der Waals surface area contributed by atoms with E-state index in [9.17, 15) is 9.90 Å². The molecule has 0 radical (unpaired) electrons. The predicted octanol–water partition coefficient (Wildman–Crippen LogP) is 2.41. The Kier molecular flexibility index (Phi) is 4.73. The van der Waals surface area contributed by atoms with Gasteiger partial charge in [0.15, 0.2) is 0 Å². The van der Waals surface area contributed by atoms with Crippen LogP contribution in [-0.4, -0.2) is 27.0 Å². The molecule has 0 amide bonds. The smallest absolute Gasteiger partial charge is 0.338 e. The molecule has 0 spiro atoms. The van der Waals surface area contributed by atoms with Crippen molar-refractivity contribution in [3.8, 4) is 0 Å². The quantitative estimate of drug-likeness (QED) is 0.801. The third-order valence-electron chi connectivity index (χ3n) is 2.31. The van der Waals surface area contributed by atoms with Gasteiger partial charge in [0.2, 0.25) is 0 Å².